The fourth-order valence-electron chi connectivity index (χ4n) is 5.47. The van der Waals surface area contributed by atoms with Crippen LogP contribution in [-0.2, 0) is 4.79 Å². The van der Waals surface area contributed by atoms with Gasteiger partial charge in [0.1, 0.15) is 0 Å². The lowest BCUT2D eigenvalue weighted by Crippen LogP contribution is -2.53. The molecule has 1 aliphatic heterocycles. The van der Waals surface area contributed by atoms with E-state index in [1.807, 2.05) is 11.8 Å². The lowest BCUT2D eigenvalue weighted by molar-refractivity contribution is -0.124. The van der Waals surface area contributed by atoms with Crippen LogP contribution >= 0.6 is 11.8 Å². The van der Waals surface area contributed by atoms with E-state index in [4.69, 9.17) is 0 Å². The van der Waals surface area contributed by atoms with Crippen molar-refractivity contribution in [2.75, 3.05) is 18.2 Å². The van der Waals surface area contributed by atoms with Crippen LogP contribution < -0.4 is 10.6 Å². The van der Waals surface area contributed by atoms with E-state index in [2.05, 4.69) is 10.6 Å². The smallest absolute Gasteiger partial charge is 0.238 e. The second-order valence-electron chi connectivity index (χ2n) is 7.41. The van der Waals surface area contributed by atoms with Crippen molar-refractivity contribution in [1.82, 2.24) is 10.6 Å². The summed E-state index contributed by atoms with van der Waals surface area (Å²) in [6.45, 7) is 0.943. The summed E-state index contributed by atoms with van der Waals surface area (Å²) in [6.07, 6.45) is 8.58. The van der Waals surface area contributed by atoms with Crippen LogP contribution in [0.4, 0.5) is 0 Å². The molecule has 1 heterocycles. The fraction of sp³-hybridized carbons (Fsp3) is 0.933. The van der Waals surface area contributed by atoms with Crippen LogP contribution in [0.1, 0.15) is 38.5 Å². The van der Waals surface area contributed by atoms with E-state index in [-0.39, 0.29) is 11.9 Å². The maximum atomic E-state index is 12.2. The molecule has 0 aromatic rings. The lowest BCUT2D eigenvalue weighted by atomic mass is 9.49. The van der Waals surface area contributed by atoms with Crippen molar-refractivity contribution in [2.45, 2.75) is 44.6 Å². The largest absolute Gasteiger partial charge is 0.354 e. The number of thioether (sulfide) groups is 1. The molecule has 1 saturated heterocycles. The number of carbonyl (C=O) groups is 1. The molecule has 0 aromatic heterocycles. The van der Waals surface area contributed by atoms with Crippen molar-refractivity contribution in [2.24, 2.45) is 23.2 Å². The third kappa shape index (κ3) is 2.31. The zero-order valence-corrected chi connectivity index (χ0v) is 12.3. The molecule has 4 bridgehead atoms. The molecule has 5 fully saturated rings. The van der Waals surface area contributed by atoms with Crippen molar-refractivity contribution < 1.29 is 4.79 Å². The Bertz CT molecular complexity index is 343. The molecule has 0 aromatic carbocycles. The SMILES string of the molecule is O=C(NCC12CC3CC(CC(C3)C1)C2)C1CSCN1. The Morgan fingerprint density at radius 2 is 1.79 bits per heavy atom. The maximum absolute atomic E-state index is 12.2. The lowest BCUT2D eigenvalue weighted by Gasteiger charge is -2.57. The van der Waals surface area contributed by atoms with Crippen molar-refractivity contribution in [3.63, 3.8) is 0 Å². The highest BCUT2D eigenvalue weighted by molar-refractivity contribution is 7.99. The van der Waals surface area contributed by atoms with E-state index in [0.717, 1.165) is 35.9 Å². The fourth-order valence-corrected chi connectivity index (χ4v) is 6.41. The van der Waals surface area contributed by atoms with Gasteiger partial charge in [0.05, 0.1) is 6.04 Å². The van der Waals surface area contributed by atoms with E-state index >= 15 is 0 Å². The number of carbonyl (C=O) groups excluding carboxylic acids is 1. The summed E-state index contributed by atoms with van der Waals surface area (Å²) >= 11 is 1.82. The minimum absolute atomic E-state index is 0.0545. The second-order valence-corrected chi connectivity index (χ2v) is 8.44. The van der Waals surface area contributed by atoms with E-state index in [0.29, 0.717) is 5.41 Å². The summed E-state index contributed by atoms with van der Waals surface area (Å²) in [5.74, 6) is 5.03. The minimum atomic E-state index is 0.0545. The predicted molar refractivity (Wildman–Crippen MR) is 77.9 cm³/mol. The molecular weight excluding hydrogens is 256 g/mol. The van der Waals surface area contributed by atoms with E-state index in [9.17, 15) is 4.79 Å². The summed E-state index contributed by atoms with van der Waals surface area (Å²) in [4.78, 5) is 12.2. The monoisotopic (exact) mass is 280 g/mol. The van der Waals surface area contributed by atoms with Gasteiger partial charge in [-0.2, -0.15) is 0 Å². The first-order valence-corrected chi connectivity index (χ1v) is 8.97. The number of hydrogen-bond acceptors (Lipinski definition) is 3. The number of amides is 1. The van der Waals surface area contributed by atoms with Gasteiger partial charge in [-0.1, -0.05) is 0 Å². The van der Waals surface area contributed by atoms with Crippen molar-refractivity contribution in [3.05, 3.63) is 0 Å². The van der Waals surface area contributed by atoms with Crippen LogP contribution in [0.5, 0.6) is 0 Å². The molecule has 5 aliphatic rings. The third-order valence-corrected chi connectivity index (χ3v) is 6.78. The molecule has 1 unspecified atom stereocenters. The van der Waals surface area contributed by atoms with E-state index in [1.165, 1.54) is 38.5 Å². The van der Waals surface area contributed by atoms with Crippen molar-refractivity contribution >= 4 is 17.7 Å². The Labute approximate surface area is 119 Å². The first-order chi connectivity index (χ1) is 9.22. The standard InChI is InChI=1S/C15H24N2OS/c18-14(13-7-19-9-17-13)16-8-15-4-10-1-11(5-15)3-12(2-10)6-15/h10-13,17H,1-9H2,(H,16,18). The van der Waals surface area contributed by atoms with Gasteiger partial charge in [-0.05, 0) is 61.7 Å². The second kappa shape index (κ2) is 4.66. The molecule has 19 heavy (non-hydrogen) atoms. The van der Waals surface area contributed by atoms with Gasteiger partial charge in [0.25, 0.3) is 0 Å². The summed E-state index contributed by atoms with van der Waals surface area (Å²) < 4.78 is 0. The van der Waals surface area contributed by atoms with Crippen LogP contribution in [0.3, 0.4) is 0 Å². The van der Waals surface area contributed by atoms with Crippen LogP contribution in [0.2, 0.25) is 0 Å². The van der Waals surface area contributed by atoms with E-state index < -0.39 is 0 Å². The summed E-state index contributed by atoms with van der Waals surface area (Å²) in [6, 6.07) is 0.0545. The topological polar surface area (TPSA) is 41.1 Å². The van der Waals surface area contributed by atoms with Gasteiger partial charge in [0, 0.05) is 18.2 Å². The quantitative estimate of drug-likeness (QED) is 0.830. The van der Waals surface area contributed by atoms with Gasteiger partial charge in [0.2, 0.25) is 5.91 Å². The summed E-state index contributed by atoms with van der Waals surface area (Å²) in [7, 11) is 0. The zero-order valence-electron chi connectivity index (χ0n) is 11.5. The minimum Gasteiger partial charge on any atom is -0.354 e. The van der Waals surface area contributed by atoms with Crippen molar-refractivity contribution in [1.29, 1.82) is 0 Å². The Balaban J connectivity index is 1.38. The number of rotatable bonds is 3. The molecule has 4 aliphatic carbocycles. The van der Waals surface area contributed by atoms with Gasteiger partial charge >= 0.3 is 0 Å². The molecule has 1 amide bonds. The number of nitrogens with one attached hydrogen (secondary N) is 2. The molecular formula is C15H24N2OS. The Morgan fingerprint density at radius 3 is 2.32 bits per heavy atom. The summed E-state index contributed by atoms with van der Waals surface area (Å²) in [5.41, 5.74) is 0.468. The highest BCUT2D eigenvalue weighted by Gasteiger charge is 2.50. The number of hydrogen-bond donors (Lipinski definition) is 2. The Morgan fingerprint density at radius 1 is 1.16 bits per heavy atom. The molecule has 3 nitrogen and oxygen atoms in total. The van der Waals surface area contributed by atoms with E-state index in [1.54, 1.807) is 0 Å². The molecule has 4 heteroatoms. The maximum Gasteiger partial charge on any atom is 0.238 e. The molecule has 1 atom stereocenters. The predicted octanol–water partition coefficient (Wildman–Crippen LogP) is 1.98. The van der Waals surface area contributed by atoms with Gasteiger partial charge in [-0.25, -0.2) is 0 Å². The Hall–Kier alpha value is -0.220. The molecule has 106 valence electrons. The van der Waals surface area contributed by atoms with Crippen molar-refractivity contribution in [3.8, 4) is 0 Å². The van der Waals surface area contributed by atoms with Gasteiger partial charge < -0.3 is 5.32 Å². The highest BCUT2D eigenvalue weighted by atomic mass is 32.2. The zero-order chi connectivity index (χ0) is 12.9. The average Bonchev–Trinajstić information content (AvgIpc) is 2.88. The van der Waals surface area contributed by atoms with Crippen LogP contribution in [-0.4, -0.2) is 30.1 Å². The van der Waals surface area contributed by atoms with Gasteiger partial charge in [-0.3, -0.25) is 10.1 Å². The molecule has 2 N–H and O–H groups in total. The normalized spacial score (nSPS) is 47.6. The van der Waals surface area contributed by atoms with Crippen LogP contribution in [0.15, 0.2) is 0 Å². The summed E-state index contributed by atoms with van der Waals surface area (Å²) in [5, 5.41) is 6.53. The van der Waals surface area contributed by atoms with Crippen LogP contribution in [0.25, 0.3) is 0 Å². The van der Waals surface area contributed by atoms with Crippen LogP contribution in [0, 0.1) is 23.2 Å². The molecule has 0 radical (unpaired) electrons. The van der Waals surface area contributed by atoms with Gasteiger partial charge in [-0.15, -0.1) is 11.8 Å². The van der Waals surface area contributed by atoms with Gasteiger partial charge in [0.15, 0.2) is 0 Å². The molecule has 5 rings (SSSR count). The first-order valence-electron chi connectivity index (χ1n) is 7.81. The highest BCUT2D eigenvalue weighted by Crippen LogP contribution is 2.59. The Kier molecular flexibility index (Phi) is 3.07. The molecule has 0 spiro atoms. The third-order valence-electron chi connectivity index (χ3n) is 5.84. The first kappa shape index (κ1) is 12.5. The molecule has 4 saturated carbocycles. The average molecular weight is 280 g/mol.